The lowest BCUT2D eigenvalue weighted by molar-refractivity contribution is -0.499. The van der Waals surface area contributed by atoms with E-state index in [9.17, 15) is 14.9 Å². The summed E-state index contributed by atoms with van der Waals surface area (Å²) < 4.78 is -2.71. The number of alkyl halides is 2. The third-order valence-corrected chi connectivity index (χ3v) is 1.55. The number of hydrogen-bond donors (Lipinski definition) is 0. The summed E-state index contributed by atoms with van der Waals surface area (Å²) in [6, 6.07) is 0. The first-order valence-electron chi connectivity index (χ1n) is 1.61. The smallest absolute Gasteiger partial charge is 0.270 e. The molecule has 0 fully saturated rings. The van der Waals surface area contributed by atoms with Crippen molar-refractivity contribution in [2.75, 3.05) is 0 Å². The second-order valence-electron chi connectivity index (χ2n) is 1.07. The van der Waals surface area contributed by atoms with E-state index in [2.05, 4.69) is 11.6 Å². The van der Waals surface area contributed by atoms with Crippen LogP contribution >= 0.6 is 34.8 Å². The number of carbonyl (C=O) groups excluding carboxylic acids is 1. The second kappa shape index (κ2) is 2.68. The lowest BCUT2D eigenvalue weighted by Gasteiger charge is -2.01. The molecule has 0 bridgehead atoms. The van der Waals surface area contributed by atoms with Crippen LogP contribution in [0.1, 0.15) is 0 Å². The van der Waals surface area contributed by atoms with Gasteiger partial charge in [0.2, 0.25) is 0 Å². The van der Waals surface area contributed by atoms with Crippen LogP contribution in [0.15, 0.2) is 0 Å². The molecule has 0 aromatic carbocycles. The molecule has 7 heteroatoms. The molecule has 0 radical (unpaired) electrons. The van der Waals surface area contributed by atoms with Crippen LogP contribution in [0.5, 0.6) is 0 Å². The molecule has 4 nitrogen and oxygen atoms in total. The zero-order valence-electron chi connectivity index (χ0n) is 3.81. The number of nitrogens with zero attached hydrogens (tertiary/aromatic N) is 1. The topological polar surface area (TPSA) is 60.2 Å². The largest absolute Gasteiger partial charge is 0.444 e. The summed E-state index contributed by atoms with van der Waals surface area (Å²) in [5, 5.41) is 8.28. The summed E-state index contributed by atoms with van der Waals surface area (Å²) in [5.74, 6) is 0. The Morgan fingerprint density at radius 1 is 1.56 bits per heavy atom. The SMILES string of the molecule is O=C(Cl)C(Cl)(Cl)[N+](=O)[O-]. The fraction of sp³-hybridized carbons (Fsp3) is 0.500. The van der Waals surface area contributed by atoms with Crippen LogP contribution in [-0.2, 0) is 4.79 Å². The molecular formula is C2Cl3NO3. The lowest BCUT2D eigenvalue weighted by Crippen LogP contribution is -2.31. The molecule has 0 saturated heterocycles. The molecular weight excluding hydrogens is 192 g/mol. The minimum absolute atomic E-state index is 1.19. The maximum atomic E-state index is 9.97. The van der Waals surface area contributed by atoms with Gasteiger partial charge in [-0.1, -0.05) is 0 Å². The summed E-state index contributed by atoms with van der Waals surface area (Å²) in [6.07, 6.45) is 0. The molecule has 0 aliphatic rings. The van der Waals surface area contributed by atoms with Crippen molar-refractivity contribution in [3.63, 3.8) is 0 Å². The van der Waals surface area contributed by atoms with Crippen molar-refractivity contribution >= 4 is 40.0 Å². The zero-order chi connectivity index (χ0) is 7.65. The van der Waals surface area contributed by atoms with Crippen LogP contribution < -0.4 is 0 Å². The summed E-state index contributed by atoms with van der Waals surface area (Å²) in [5.41, 5.74) is 0. The standard InChI is InChI=1S/C2Cl3NO3/c3-1(7)2(4,5)6(8)9. The van der Waals surface area contributed by atoms with Crippen LogP contribution in [0.3, 0.4) is 0 Å². The zero-order valence-corrected chi connectivity index (χ0v) is 6.07. The van der Waals surface area contributed by atoms with Crippen molar-refractivity contribution in [3.8, 4) is 0 Å². The Labute approximate surface area is 64.8 Å². The van der Waals surface area contributed by atoms with Crippen molar-refractivity contribution in [2.45, 2.75) is 4.46 Å². The molecule has 0 unspecified atom stereocenters. The molecule has 0 atom stereocenters. The monoisotopic (exact) mass is 191 g/mol. The Morgan fingerprint density at radius 2 is 1.89 bits per heavy atom. The molecule has 0 aromatic heterocycles. The van der Waals surface area contributed by atoms with Crippen molar-refractivity contribution in [2.24, 2.45) is 0 Å². The van der Waals surface area contributed by atoms with Gasteiger partial charge in [0.05, 0.1) is 4.92 Å². The highest BCUT2D eigenvalue weighted by atomic mass is 35.5. The molecule has 0 amide bonds. The Hall–Kier alpha value is -0.0600. The van der Waals surface area contributed by atoms with Gasteiger partial charge in [-0.15, -0.1) is 0 Å². The van der Waals surface area contributed by atoms with Crippen LogP contribution in [0, 0.1) is 10.1 Å². The normalized spacial score (nSPS) is 11.0. The van der Waals surface area contributed by atoms with E-state index in [4.69, 9.17) is 23.2 Å². The van der Waals surface area contributed by atoms with E-state index in [1.807, 2.05) is 0 Å². The molecule has 0 heterocycles. The molecule has 0 N–H and O–H groups in total. The minimum Gasteiger partial charge on any atom is -0.270 e. The summed E-state index contributed by atoms with van der Waals surface area (Å²) in [6.45, 7) is 0. The van der Waals surface area contributed by atoms with Crippen molar-refractivity contribution < 1.29 is 9.72 Å². The minimum atomic E-state index is -2.71. The van der Waals surface area contributed by atoms with Gasteiger partial charge >= 0.3 is 9.70 Å². The molecule has 0 aliphatic heterocycles. The van der Waals surface area contributed by atoms with Crippen molar-refractivity contribution in [1.82, 2.24) is 0 Å². The lowest BCUT2D eigenvalue weighted by atomic mass is 10.7. The van der Waals surface area contributed by atoms with Crippen LogP contribution in [0.25, 0.3) is 0 Å². The fourth-order valence-electron chi connectivity index (χ4n) is 0.0718. The number of halogens is 3. The fourth-order valence-corrected chi connectivity index (χ4v) is 0.141. The van der Waals surface area contributed by atoms with Gasteiger partial charge in [0.15, 0.2) is 0 Å². The van der Waals surface area contributed by atoms with Crippen LogP contribution in [0.4, 0.5) is 0 Å². The molecule has 0 aromatic rings. The predicted molar refractivity (Wildman–Crippen MR) is 32.3 cm³/mol. The van der Waals surface area contributed by atoms with Crippen molar-refractivity contribution in [1.29, 1.82) is 0 Å². The van der Waals surface area contributed by atoms with E-state index in [0.717, 1.165) is 0 Å². The quantitative estimate of drug-likeness (QED) is 0.217. The molecule has 0 spiro atoms. The van der Waals surface area contributed by atoms with Crippen LogP contribution in [0.2, 0.25) is 0 Å². The Kier molecular flexibility index (Phi) is 2.66. The van der Waals surface area contributed by atoms with E-state index in [0.29, 0.717) is 0 Å². The molecule has 0 aliphatic carbocycles. The molecule has 52 valence electrons. The molecule has 9 heavy (non-hydrogen) atoms. The third-order valence-electron chi connectivity index (χ3n) is 0.466. The first kappa shape index (κ1) is 8.94. The van der Waals surface area contributed by atoms with Gasteiger partial charge in [-0.2, -0.15) is 0 Å². The molecule has 0 rings (SSSR count). The second-order valence-corrected chi connectivity index (χ2v) is 2.70. The summed E-state index contributed by atoms with van der Waals surface area (Å²) >= 11 is 14.2. The Balaban J connectivity index is 4.38. The predicted octanol–water partition coefficient (Wildman–Crippen LogP) is 1.16. The maximum absolute atomic E-state index is 9.97. The highest BCUT2D eigenvalue weighted by Gasteiger charge is 2.46. The third kappa shape index (κ3) is 1.97. The first-order valence-corrected chi connectivity index (χ1v) is 2.74. The Bertz CT molecular complexity index is 139. The van der Waals surface area contributed by atoms with Gasteiger partial charge in [0.1, 0.15) is 0 Å². The van der Waals surface area contributed by atoms with Crippen LogP contribution in [-0.4, -0.2) is 14.6 Å². The first-order chi connectivity index (χ1) is 3.89. The summed E-state index contributed by atoms with van der Waals surface area (Å²) in [7, 11) is 0. The van der Waals surface area contributed by atoms with E-state index in [1.54, 1.807) is 0 Å². The van der Waals surface area contributed by atoms with Gasteiger partial charge < -0.3 is 0 Å². The average Bonchev–Trinajstić information content (AvgIpc) is 1.65. The van der Waals surface area contributed by atoms with E-state index in [-0.39, 0.29) is 0 Å². The number of nitro groups is 1. The van der Waals surface area contributed by atoms with E-state index < -0.39 is 14.6 Å². The average molecular weight is 192 g/mol. The molecule has 0 saturated carbocycles. The van der Waals surface area contributed by atoms with E-state index in [1.165, 1.54) is 0 Å². The number of hydrogen-bond acceptors (Lipinski definition) is 3. The van der Waals surface area contributed by atoms with Gasteiger partial charge in [0, 0.05) is 0 Å². The summed E-state index contributed by atoms with van der Waals surface area (Å²) in [4.78, 5) is 18.5. The van der Waals surface area contributed by atoms with Gasteiger partial charge in [-0.3, -0.25) is 14.9 Å². The number of rotatable bonds is 2. The number of carbonyl (C=O) groups is 1. The van der Waals surface area contributed by atoms with Gasteiger partial charge in [-0.25, -0.2) is 0 Å². The van der Waals surface area contributed by atoms with Crippen molar-refractivity contribution in [3.05, 3.63) is 10.1 Å². The highest BCUT2D eigenvalue weighted by Crippen LogP contribution is 2.23. The van der Waals surface area contributed by atoms with E-state index >= 15 is 0 Å². The van der Waals surface area contributed by atoms with Gasteiger partial charge in [-0.05, 0) is 34.8 Å². The maximum Gasteiger partial charge on any atom is 0.444 e. The Morgan fingerprint density at radius 3 is 1.89 bits per heavy atom. The van der Waals surface area contributed by atoms with Gasteiger partial charge in [0.25, 0.3) is 0 Å². The highest BCUT2D eigenvalue weighted by molar-refractivity contribution is 6.77.